The zero-order valence-electron chi connectivity index (χ0n) is 15.0. The number of hydrogen-bond donors (Lipinski definition) is 1. The summed E-state index contributed by atoms with van der Waals surface area (Å²) in [5.41, 5.74) is -0.284. The number of aliphatic hydroxyl groups is 1. The highest BCUT2D eigenvalue weighted by Crippen LogP contribution is 2.38. The number of carbonyl (C=O) groups is 1. The highest BCUT2D eigenvalue weighted by Gasteiger charge is 2.41. The van der Waals surface area contributed by atoms with Crippen molar-refractivity contribution in [3.8, 4) is 0 Å². The van der Waals surface area contributed by atoms with E-state index in [-0.39, 0.29) is 24.0 Å². The molecule has 5 nitrogen and oxygen atoms in total. The highest BCUT2D eigenvalue weighted by molar-refractivity contribution is 5.77. The fourth-order valence-corrected chi connectivity index (χ4v) is 3.83. The Bertz CT molecular complexity index is 449. The number of ether oxygens (including phenoxy) is 1. The van der Waals surface area contributed by atoms with Gasteiger partial charge in [0, 0.05) is 33.3 Å². The topological polar surface area (TPSA) is 53.0 Å². The van der Waals surface area contributed by atoms with Crippen molar-refractivity contribution in [2.75, 3.05) is 40.3 Å². The molecule has 1 saturated carbocycles. The van der Waals surface area contributed by atoms with E-state index >= 15 is 0 Å². The molecule has 2 atom stereocenters. The van der Waals surface area contributed by atoms with Crippen LogP contribution < -0.4 is 0 Å². The van der Waals surface area contributed by atoms with Gasteiger partial charge in [-0.2, -0.15) is 13.2 Å². The number of nitrogens with zero attached hydrogens (tertiary/aromatic N) is 2. The molecule has 0 radical (unpaired) electrons. The predicted octanol–water partition coefficient (Wildman–Crippen LogP) is 2.04. The number of aliphatic hydroxyl groups excluding tert-OH is 1. The molecule has 2 aliphatic rings. The Kier molecular flexibility index (Phi) is 6.73. The van der Waals surface area contributed by atoms with E-state index in [4.69, 9.17) is 4.74 Å². The van der Waals surface area contributed by atoms with Gasteiger partial charge in [0.05, 0.1) is 24.5 Å². The van der Waals surface area contributed by atoms with Gasteiger partial charge < -0.3 is 19.6 Å². The molecular weight excluding hydrogens is 337 g/mol. The van der Waals surface area contributed by atoms with Crippen LogP contribution in [0.3, 0.4) is 0 Å². The van der Waals surface area contributed by atoms with Gasteiger partial charge in [-0.1, -0.05) is 0 Å². The third kappa shape index (κ3) is 6.11. The van der Waals surface area contributed by atoms with Crippen LogP contribution in [0.1, 0.15) is 38.5 Å². The summed E-state index contributed by atoms with van der Waals surface area (Å²) in [6.45, 7) is 1.87. The molecular formula is C17H29F3N2O3. The molecule has 0 spiro atoms. The van der Waals surface area contributed by atoms with Crippen molar-refractivity contribution in [3.63, 3.8) is 0 Å². The van der Waals surface area contributed by atoms with Gasteiger partial charge in [-0.05, 0) is 38.6 Å². The number of likely N-dealkylation sites (N-methyl/N-ethyl adjacent to an activating group) is 1. The standard InChI is InChI=1S/C17H29F3N2O3/c1-21(12-14(23)8-17(18,19)20)10-13-4-7-22(11-13)15(24)9-16(25-2)5-3-6-16/h13-14,23H,3-12H2,1-2H3. The lowest BCUT2D eigenvalue weighted by Crippen LogP contribution is -2.45. The normalized spacial score (nSPS) is 24.4. The van der Waals surface area contributed by atoms with Crippen LogP contribution in [0.2, 0.25) is 0 Å². The number of halogens is 3. The number of methoxy groups -OCH3 is 1. The number of rotatable bonds is 8. The van der Waals surface area contributed by atoms with Gasteiger partial charge in [-0.25, -0.2) is 0 Å². The number of hydrogen-bond acceptors (Lipinski definition) is 4. The molecule has 146 valence electrons. The van der Waals surface area contributed by atoms with E-state index < -0.39 is 18.7 Å². The van der Waals surface area contributed by atoms with Crippen LogP contribution in [-0.2, 0) is 9.53 Å². The van der Waals surface area contributed by atoms with Crippen molar-refractivity contribution in [3.05, 3.63) is 0 Å². The maximum absolute atomic E-state index is 12.4. The van der Waals surface area contributed by atoms with Crippen LogP contribution in [0.15, 0.2) is 0 Å². The van der Waals surface area contributed by atoms with Gasteiger partial charge >= 0.3 is 6.18 Å². The number of amides is 1. The number of alkyl halides is 3. The first-order valence-corrected chi connectivity index (χ1v) is 8.89. The van der Waals surface area contributed by atoms with Crippen molar-refractivity contribution in [1.82, 2.24) is 9.80 Å². The van der Waals surface area contributed by atoms with Crippen molar-refractivity contribution < 1.29 is 27.8 Å². The minimum atomic E-state index is -4.35. The van der Waals surface area contributed by atoms with Crippen LogP contribution in [0, 0.1) is 5.92 Å². The number of likely N-dealkylation sites (tertiary alicyclic amines) is 1. The Morgan fingerprint density at radius 1 is 1.44 bits per heavy atom. The second-order valence-electron chi connectivity index (χ2n) is 7.61. The predicted molar refractivity (Wildman–Crippen MR) is 87.1 cm³/mol. The molecule has 1 heterocycles. The Morgan fingerprint density at radius 3 is 2.64 bits per heavy atom. The quantitative estimate of drug-likeness (QED) is 0.714. The second-order valence-corrected chi connectivity index (χ2v) is 7.61. The minimum absolute atomic E-state index is 0.0171. The van der Waals surface area contributed by atoms with Crippen LogP contribution in [0.5, 0.6) is 0 Å². The van der Waals surface area contributed by atoms with Gasteiger partial charge in [0.1, 0.15) is 0 Å². The summed E-state index contributed by atoms with van der Waals surface area (Å²) in [5.74, 6) is 0.329. The summed E-state index contributed by atoms with van der Waals surface area (Å²) in [6, 6.07) is 0. The van der Waals surface area contributed by atoms with Crippen molar-refractivity contribution in [2.45, 2.75) is 56.4 Å². The maximum Gasteiger partial charge on any atom is 0.391 e. The van der Waals surface area contributed by atoms with Gasteiger partial charge in [-0.3, -0.25) is 4.79 Å². The van der Waals surface area contributed by atoms with Gasteiger partial charge in [0.2, 0.25) is 5.91 Å². The SMILES string of the molecule is COC1(CC(=O)N2CCC(CN(C)CC(O)CC(F)(F)F)C2)CCC1. The molecule has 0 aromatic heterocycles. The Morgan fingerprint density at radius 2 is 2.12 bits per heavy atom. The van der Waals surface area contributed by atoms with Crippen molar-refractivity contribution >= 4 is 5.91 Å². The molecule has 1 aliphatic heterocycles. The zero-order chi connectivity index (χ0) is 18.7. The molecule has 25 heavy (non-hydrogen) atoms. The fraction of sp³-hybridized carbons (Fsp3) is 0.941. The summed E-state index contributed by atoms with van der Waals surface area (Å²) in [4.78, 5) is 16.0. The third-order valence-corrected chi connectivity index (χ3v) is 5.37. The molecule has 1 amide bonds. The van der Waals surface area contributed by atoms with E-state index in [1.807, 2.05) is 4.90 Å². The smallest absolute Gasteiger partial charge is 0.391 e. The molecule has 2 unspecified atom stereocenters. The second kappa shape index (κ2) is 8.22. The largest absolute Gasteiger partial charge is 0.391 e. The monoisotopic (exact) mass is 366 g/mol. The zero-order valence-corrected chi connectivity index (χ0v) is 15.0. The molecule has 0 bridgehead atoms. The van der Waals surface area contributed by atoms with Crippen molar-refractivity contribution in [2.24, 2.45) is 5.92 Å². The first-order chi connectivity index (χ1) is 11.6. The van der Waals surface area contributed by atoms with E-state index in [0.717, 1.165) is 25.7 Å². The molecule has 2 fully saturated rings. The summed E-state index contributed by atoms with van der Waals surface area (Å²) in [6.07, 6.45) is -2.76. The van der Waals surface area contributed by atoms with E-state index in [1.54, 1.807) is 19.1 Å². The fourth-order valence-electron chi connectivity index (χ4n) is 3.83. The maximum atomic E-state index is 12.4. The molecule has 0 aromatic rings. The summed E-state index contributed by atoms with van der Waals surface area (Å²) >= 11 is 0. The molecule has 8 heteroatoms. The lowest BCUT2D eigenvalue weighted by Gasteiger charge is -2.40. The van der Waals surface area contributed by atoms with Gasteiger partial charge in [-0.15, -0.1) is 0 Å². The van der Waals surface area contributed by atoms with E-state index in [1.165, 1.54) is 0 Å². The van der Waals surface area contributed by atoms with Crippen LogP contribution in [0.4, 0.5) is 13.2 Å². The first-order valence-electron chi connectivity index (χ1n) is 8.89. The average molecular weight is 366 g/mol. The van der Waals surface area contributed by atoms with Crippen LogP contribution >= 0.6 is 0 Å². The molecule has 1 N–H and O–H groups in total. The lowest BCUT2D eigenvalue weighted by molar-refractivity contribution is -0.155. The molecule has 1 saturated heterocycles. The van der Waals surface area contributed by atoms with Crippen LogP contribution in [-0.4, -0.2) is 79.0 Å². The van der Waals surface area contributed by atoms with Gasteiger partial charge in [0.25, 0.3) is 0 Å². The minimum Gasteiger partial charge on any atom is -0.391 e. The Hall–Kier alpha value is -0.860. The highest BCUT2D eigenvalue weighted by atomic mass is 19.4. The van der Waals surface area contributed by atoms with Crippen LogP contribution in [0.25, 0.3) is 0 Å². The van der Waals surface area contributed by atoms with Crippen molar-refractivity contribution in [1.29, 1.82) is 0 Å². The first kappa shape index (κ1) is 20.5. The summed E-state index contributed by atoms with van der Waals surface area (Å²) < 4.78 is 42.3. The van der Waals surface area contributed by atoms with E-state index in [2.05, 4.69) is 0 Å². The molecule has 2 rings (SSSR count). The van der Waals surface area contributed by atoms with E-state index in [9.17, 15) is 23.1 Å². The lowest BCUT2D eigenvalue weighted by atomic mass is 9.77. The van der Waals surface area contributed by atoms with E-state index in [0.29, 0.717) is 26.1 Å². The molecule has 0 aromatic carbocycles. The molecule has 1 aliphatic carbocycles. The third-order valence-electron chi connectivity index (χ3n) is 5.37. The average Bonchev–Trinajstić information content (AvgIpc) is 2.88. The summed E-state index contributed by atoms with van der Waals surface area (Å²) in [7, 11) is 3.36. The summed E-state index contributed by atoms with van der Waals surface area (Å²) in [5, 5.41) is 9.52. The van der Waals surface area contributed by atoms with Gasteiger partial charge in [0.15, 0.2) is 0 Å². The number of carbonyl (C=O) groups excluding carboxylic acids is 1. The Labute approximate surface area is 147 Å². The Balaban J connectivity index is 1.72.